The number of hydrogen-bond acceptors (Lipinski definition) is 3. The fourth-order valence-corrected chi connectivity index (χ4v) is 5.05. The van der Waals surface area contributed by atoms with E-state index in [-0.39, 0.29) is 0 Å². The smallest absolute Gasteiger partial charge is 0.0736 e. The van der Waals surface area contributed by atoms with Crippen LogP contribution < -0.4 is 0 Å². The third-order valence-electron chi connectivity index (χ3n) is 4.67. The second-order valence-electron chi connectivity index (χ2n) is 9.19. The standard InChI is InChI=1S/C13H12S.C12H10N2S.C4H10.C3H8.C2H6/c1-3-11-6-4-5-7-12(11)13-9-8-10(2)14-13;1-8-5-6-11(15-8)10-4-2-3-9-7-13-14-12(9)10;1-4(2)3;1-3-2;1-2/h3-9H,1H2,2H3;2-7H,1H3,(H,13,14);4H,1-3H3;3H2,1-2H3;1-2H3. The van der Waals surface area contributed by atoms with Crippen molar-refractivity contribution < 1.29 is 0 Å². The highest BCUT2D eigenvalue weighted by molar-refractivity contribution is 7.15. The van der Waals surface area contributed by atoms with Crippen LogP contribution >= 0.6 is 22.7 Å². The molecule has 38 heavy (non-hydrogen) atoms. The summed E-state index contributed by atoms with van der Waals surface area (Å²) in [7, 11) is 0. The van der Waals surface area contributed by atoms with Gasteiger partial charge in [0.15, 0.2) is 0 Å². The van der Waals surface area contributed by atoms with Crippen molar-refractivity contribution in [3.63, 3.8) is 0 Å². The summed E-state index contributed by atoms with van der Waals surface area (Å²) in [4.78, 5) is 5.29. The Labute approximate surface area is 239 Å². The molecule has 3 aromatic heterocycles. The molecule has 2 aromatic carbocycles. The number of nitrogens with zero attached hydrogens (tertiary/aromatic N) is 1. The number of nitrogens with one attached hydrogen (secondary N) is 1. The Morgan fingerprint density at radius 1 is 0.789 bits per heavy atom. The van der Waals surface area contributed by atoms with Crippen LogP contribution in [0.3, 0.4) is 0 Å². The molecule has 0 saturated heterocycles. The summed E-state index contributed by atoms with van der Waals surface area (Å²) >= 11 is 3.63. The lowest BCUT2D eigenvalue weighted by atomic mass is 10.1. The van der Waals surface area contributed by atoms with E-state index in [1.54, 1.807) is 0 Å². The fraction of sp³-hybridized carbons (Fsp3) is 0.324. The maximum Gasteiger partial charge on any atom is 0.0736 e. The van der Waals surface area contributed by atoms with E-state index >= 15 is 0 Å². The van der Waals surface area contributed by atoms with Gasteiger partial charge in [0.1, 0.15) is 0 Å². The van der Waals surface area contributed by atoms with Crippen molar-refractivity contribution >= 4 is 39.7 Å². The van der Waals surface area contributed by atoms with Gasteiger partial charge in [-0.05, 0) is 55.2 Å². The lowest BCUT2D eigenvalue weighted by Crippen LogP contribution is -1.77. The average molecular weight is 547 g/mol. The molecule has 0 bridgehead atoms. The van der Waals surface area contributed by atoms with Crippen LogP contribution in [0.15, 0.2) is 79.5 Å². The largest absolute Gasteiger partial charge is 0.277 e. The molecule has 0 unspecified atom stereocenters. The van der Waals surface area contributed by atoms with Gasteiger partial charge in [-0.2, -0.15) is 5.10 Å². The molecular weight excluding hydrogens is 501 g/mol. The van der Waals surface area contributed by atoms with E-state index in [2.05, 4.69) is 126 Å². The van der Waals surface area contributed by atoms with Gasteiger partial charge in [-0.3, -0.25) is 5.10 Å². The van der Waals surface area contributed by atoms with Gasteiger partial charge >= 0.3 is 0 Å². The van der Waals surface area contributed by atoms with Crippen LogP contribution in [0.5, 0.6) is 0 Å². The minimum atomic E-state index is 0.833. The van der Waals surface area contributed by atoms with E-state index in [9.17, 15) is 0 Å². The first-order valence-electron chi connectivity index (χ1n) is 13.6. The van der Waals surface area contributed by atoms with E-state index in [0.29, 0.717) is 0 Å². The van der Waals surface area contributed by atoms with Gasteiger partial charge in [0, 0.05) is 30.5 Å². The van der Waals surface area contributed by atoms with Gasteiger partial charge in [0.25, 0.3) is 0 Å². The van der Waals surface area contributed by atoms with Gasteiger partial charge in [0.2, 0.25) is 0 Å². The first kappa shape index (κ1) is 33.1. The van der Waals surface area contributed by atoms with Crippen molar-refractivity contribution in [3.05, 3.63) is 94.8 Å². The Morgan fingerprint density at radius 3 is 1.79 bits per heavy atom. The van der Waals surface area contributed by atoms with Crippen LogP contribution in [0.4, 0.5) is 0 Å². The van der Waals surface area contributed by atoms with Crippen molar-refractivity contribution in [1.82, 2.24) is 10.2 Å². The second-order valence-corrected chi connectivity index (χ2v) is 11.8. The van der Waals surface area contributed by atoms with Crippen LogP contribution in [0.2, 0.25) is 0 Å². The highest BCUT2D eigenvalue weighted by Crippen LogP contribution is 2.32. The zero-order chi connectivity index (χ0) is 28.5. The normalized spacial score (nSPS) is 9.63. The van der Waals surface area contributed by atoms with Crippen molar-refractivity contribution in [2.24, 2.45) is 5.92 Å². The molecule has 0 saturated carbocycles. The van der Waals surface area contributed by atoms with E-state index in [4.69, 9.17) is 0 Å². The van der Waals surface area contributed by atoms with Gasteiger partial charge in [-0.1, -0.05) is 110 Å². The lowest BCUT2D eigenvalue weighted by Gasteiger charge is -2.01. The van der Waals surface area contributed by atoms with E-state index in [0.717, 1.165) is 11.4 Å². The molecule has 2 nitrogen and oxygen atoms in total. The first-order valence-corrected chi connectivity index (χ1v) is 15.2. The quantitative estimate of drug-likeness (QED) is 0.239. The molecule has 0 aliphatic rings. The summed E-state index contributed by atoms with van der Waals surface area (Å²) in [5, 5.41) is 8.29. The van der Waals surface area contributed by atoms with Crippen LogP contribution in [-0.4, -0.2) is 10.2 Å². The molecule has 1 N–H and O–H groups in total. The van der Waals surface area contributed by atoms with Crippen LogP contribution in [0.25, 0.3) is 37.9 Å². The average Bonchev–Trinajstić information content (AvgIpc) is 3.67. The third-order valence-corrected chi connectivity index (χ3v) is 6.74. The number of rotatable bonds is 3. The maximum atomic E-state index is 4.07. The number of para-hydroxylation sites is 1. The predicted octanol–water partition coefficient (Wildman–Crippen LogP) is 12.1. The number of aryl methyl sites for hydroxylation is 2. The number of aromatic amines is 1. The Kier molecular flexibility index (Phi) is 16.0. The van der Waals surface area contributed by atoms with Crippen molar-refractivity contribution in [2.75, 3.05) is 0 Å². The molecule has 4 heteroatoms. The Hall–Kier alpha value is -2.95. The topological polar surface area (TPSA) is 28.7 Å². The third kappa shape index (κ3) is 10.8. The SMILES string of the molecule is C=Cc1ccccc1-c1ccc(C)s1.CC.CC(C)C.CCC.Cc1ccc(-c2cccc3cn[nH]c23)s1. The van der Waals surface area contributed by atoms with Crippen LogP contribution in [0.1, 0.15) is 70.2 Å². The highest BCUT2D eigenvalue weighted by atomic mass is 32.1. The maximum absolute atomic E-state index is 4.07. The molecule has 0 atom stereocenters. The molecule has 3 heterocycles. The zero-order valence-electron chi connectivity index (χ0n) is 24.8. The van der Waals surface area contributed by atoms with Crippen molar-refractivity contribution in [1.29, 1.82) is 0 Å². The van der Waals surface area contributed by atoms with E-state index in [1.807, 2.05) is 54.9 Å². The first-order chi connectivity index (χ1) is 18.3. The van der Waals surface area contributed by atoms with Gasteiger partial charge in [-0.25, -0.2) is 0 Å². The molecule has 0 radical (unpaired) electrons. The van der Waals surface area contributed by atoms with Gasteiger partial charge < -0.3 is 0 Å². The number of hydrogen-bond donors (Lipinski definition) is 1. The summed E-state index contributed by atoms with van der Waals surface area (Å²) in [6, 6.07) is 23.3. The van der Waals surface area contributed by atoms with E-state index < -0.39 is 0 Å². The molecule has 0 amide bonds. The number of aromatic nitrogens is 2. The highest BCUT2D eigenvalue weighted by Gasteiger charge is 2.06. The Bertz CT molecular complexity index is 1320. The minimum Gasteiger partial charge on any atom is -0.277 e. The van der Waals surface area contributed by atoms with Crippen molar-refractivity contribution in [3.8, 4) is 20.9 Å². The molecule has 5 rings (SSSR count). The molecular formula is C34H46N2S2. The monoisotopic (exact) mass is 546 g/mol. The molecule has 5 aromatic rings. The number of fused-ring (bicyclic) bond motifs is 1. The molecule has 204 valence electrons. The second kappa shape index (κ2) is 18.3. The summed E-state index contributed by atoms with van der Waals surface area (Å²) in [6.07, 6.45) is 5.02. The zero-order valence-corrected chi connectivity index (χ0v) is 26.4. The fourth-order valence-electron chi connectivity index (χ4n) is 3.23. The molecule has 0 spiro atoms. The number of thiophene rings is 2. The summed E-state index contributed by atoms with van der Waals surface area (Å²) in [5.41, 5.74) is 4.84. The summed E-state index contributed by atoms with van der Waals surface area (Å²) in [5.74, 6) is 0.833. The Balaban J connectivity index is 0.000000292. The van der Waals surface area contributed by atoms with E-state index in [1.165, 1.54) is 48.0 Å². The Morgan fingerprint density at radius 2 is 1.29 bits per heavy atom. The van der Waals surface area contributed by atoms with Crippen LogP contribution in [0, 0.1) is 19.8 Å². The molecule has 0 aliphatic heterocycles. The molecule has 0 aliphatic carbocycles. The summed E-state index contributed by atoms with van der Waals surface area (Å²) < 4.78 is 0. The summed E-state index contributed by atoms with van der Waals surface area (Å²) in [6.45, 7) is 22.8. The van der Waals surface area contributed by atoms with Crippen LogP contribution in [-0.2, 0) is 0 Å². The number of benzene rings is 2. The van der Waals surface area contributed by atoms with Gasteiger partial charge in [0.05, 0.1) is 11.7 Å². The molecule has 0 fully saturated rings. The lowest BCUT2D eigenvalue weighted by molar-refractivity contribution is 0.737. The minimum absolute atomic E-state index is 0.833. The van der Waals surface area contributed by atoms with Crippen molar-refractivity contribution in [2.45, 2.75) is 68.7 Å². The van der Waals surface area contributed by atoms with Gasteiger partial charge in [-0.15, -0.1) is 22.7 Å². The predicted molar refractivity (Wildman–Crippen MR) is 177 cm³/mol. The number of H-pyrrole nitrogens is 1.